The van der Waals surface area contributed by atoms with Crippen LogP contribution in [0.15, 0.2) is 71.5 Å². The molecule has 2 heterocycles. The number of fused-ring (bicyclic) bond motifs is 4. The van der Waals surface area contributed by atoms with Crippen molar-refractivity contribution in [1.29, 1.82) is 0 Å². The van der Waals surface area contributed by atoms with Gasteiger partial charge in [-0.2, -0.15) is 4.39 Å². The molecule has 0 fully saturated rings. The summed E-state index contributed by atoms with van der Waals surface area (Å²) in [7, 11) is 0. The minimum absolute atomic E-state index is 0.108. The van der Waals surface area contributed by atoms with Gasteiger partial charge >= 0.3 is 5.97 Å². The molecule has 0 radical (unpaired) electrons. The topological polar surface area (TPSA) is 71.6 Å². The van der Waals surface area contributed by atoms with Crippen molar-refractivity contribution < 1.29 is 28.5 Å². The van der Waals surface area contributed by atoms with Crippen LogP contribution in [0.2, 0.25) is 0 Å². The lowest BCUT2D eigenvalue weighted by Gasteiger charge is -2.37. The monoisotopic (exact) mass is 365 g/mol. The number of nitrogens with one attached hydrogen (secondary N) is 1. The maximum atomic E-state index is 14.6. The van der Waals surface area contributed by atoms with Crippen molar-refractivity contribution in [3.05, 3.63) is 71.5 Å². The number of Topliss-reactive ketones (excluding diaryl/α,β-unsaturated/α-hetero) is 1. The third-order valence-electron chi connectivity index (χ3n) is 5.02. The number of rotatable bonds is 1. The molecule has 132 valence electrons. The van der Waals surface area contributed by atoms with Crippen LogP contribution >= 0.6 is 0 Å². The third kappa shape index (κ3) is 1.99. The lowest BCUT2D eigenvalue weighted by Crippen LogP contribution is -2.75. The summed E-state index contributed by atoms with van der Waals surface area (Å²) in [6.45, 7) is 0. The van der Waals surface area contributed by atoms with Gasteiger partial charge in [-0.05, 0) is 23.6 Å². The van der Waals surface area contributed by atoms with Gasteiger partial charge in [0.2, 0.25) is 23.0 Å². The van der Waals surface area contributed by atoms with E-state index in [-0.39, 0.29) is 11.3 Å². The Balaban J connectivity index is 1.89. The third-order valence-corrected chi connectivity index (χ3v) is 5.02. The molecule has 5 rings (SSSR count). The van der Waals surface area contributed by atoms with E-state index in [2.05, 4.69) is 4.99 Å². The van der Waals surface area contributed by atoms with Gasteiger partial charge in [-0.15, -0.1) is 0 Å². The first-order chi connectivity index (χ1) is 13.0. The van der Waals surface area contributed by atoms with Crippen LogP contribution in [-0.2, 0) is 9.59 Å². The standard InChI is InChI=1S/C20H10F2N2O3/c21-13-7-11-18-17(15(13)22)23-16-10-4-2-1-3-9(10)5-6-14(16)24(18)8-12(19(11)25)20(26)27/h1-8,18H,(H,26,27)/p+1. The number of hydrogen-bond acceptors (Lipinski definition) is 3. The van der Waals surface area contributed by atoms with Crippen molar-refractivity contribution in [2.45, 2.75) is 6.04 Å². The molecule has 1 atom stereocenters. The van der Waals surface area contributed by atoms with E-state index in [9.17, 15) is 23.5 Å². The second-order valence-corrected chi connectivity index (χ2v) is 6.47. The van der Waals surface area contributed by atoms with E-state index in [1.165, 1.54) is 11.1 Å². The van der Waals surface area contributed by atoms with E-state index >= 15 is 0 Å². The zero-order chi connectivity index (χ0) is 18.9. The first-order valence-electron chi connectivity index (χ1n) is 8.18. The van der Waals surface area contributed by atoms with Crippen molar-refractivity contribution >= 4 is 39.6 Å². The van der Waals surface area contributed by atoms with Crippen molar-refractivity contribution in [3.8, 4) is 0 Å². The lowest BCUT2D eigenvalue weighted by atomic mass is 9.84. The molecule has 3 aliphatic rings. The molecule has 7 heteroatoms. The van der Waals surface area contributed by atoms with Crippen molar-refractivity contribution in [1.82, 2.24) is 0 Å². The van der Waals surface area contributed by atoms with E-state index in [1.54, 1.807) is 6.07 Å². The number of carboxylic acid groups (broad SMARTS) is 1. The Hall–Kier alpha value is -3.61. The smallest absolute Gasteiger partial charge is 0.341 e. The van der Waals surface area contributed by atoms with Crippen LogP contribution in [-0.4, -0.2) is 28.6 Å². The second kappa shape index (κ2) is 5.20. The van der Waals surface area contributed by atoms with Crippen LogP contribution in [0.4, 0.5) is 20.2 Å². The molecule has 2 N–H and O–H groups in total. The van der Waals surface area contributed by atoms with Crippen molar-refractivity contribution in [3.63, 3.8) is 0 Å². The van der Waals surface area contributed by atoms with Crippen LogP contribution in [0.25, 0.3) is 10.8 Å². The highest BCUT2D eigenvalue weighted by Gasteiger charge is 2.49. The molecule has 0 spiro atoms. The molecule has 27 heavy (non-hydrogen) atoms. The first kappa shape index (κ1) is 15.6. The molecule has 1 aliphatic carbocycles. The van der Waals surface area contributed by atoms with E-state index in [4.69, 9.17) is 0 Å². The molecule has 0 bridgehead atoms. The fourth-order valence-electron chi connectivity index (χ4n) is 3.81. The number of benzene rings is 2. The van der Waals surface area contributed by atoms with Crippen LogP contribution in [0.3, 0.4) is 0 Å². The molecule has 0 saturated heterocycles. The highest BCUT2D eigenvalue weighted by molar-refractivity contribution is 6.29. The molecule has 0 aromatic heterocycles. The first-order valence-corrected chi connectivity index (χ1v) is 8.18. The van der Waals surface area contributed by atoms with E-state index in [0.717, 1.165) is 16.8 Å². The van der Waals surface area contributed by atoms with Gasteiger partial charge in [0.1, 0.15) is 11.3 Å². The van der Waals surface area contributed by atoms with E-state index in [1.807, 2.05) is 30.3 Å². The fourth-order valence-corrected chi connectivity index (χ4v) is 3.81. The van der Waals surface area contributed by atoms with Gasteiger partial charge in [0.05, 0.1) is 5.39 Å². The molecule has 0 saturated carbocycles. The maximum absolute atomic E-state index is 14.6. The maximum Gasteiger partial charge on any atom is 0.341 e. The number of aliphatic carboxylic acids is 1. The van der Waals surface area contributed by atoms with Crippen LogP contribution in [0.1, 0.15) is 0 Å². The molecule has 5 nitrogen and oxygen atoms in total. The summed E-state index contributed by atoms with van der Waals surface area (Å²) >= 11 is 0. The molecule has 2 aromatic carbocycles. The van der Waals surface area contributed by atoms with Gasteiger partial charge in [-0.25, -0.2) is 14.2 Å². The summed E-state index contributed by atoms with van der Waals surface area (Å²) in [6, 6.07) is 10.1. The predicted octanol–water partition coefficient (Wildman–Crippen LogP) is 1.82. The number of carboxylic acids is 1. The molecule has 0 amide bonds. The Bertz CT molecular complexity index is 1210. The number of ketones is 1. The summed E-state index contributed by atoms with van der Waals surface area (Å²) < 4.78 is 28.7. The molecule has 2 aliphatic heterocycles. The van der Waals surface area contributed by atoms with Crippen LogP contribution in [0, 0.1) is 0 Å². The van der Waals surface area contributed by atoms with Crippen LogP contribution in [0.5, 0.6) is 0 Å². The van der Waals surface area contributed by atoms with Crippen molar-refractivity contribution in [2.24, 2.45) is 0 Å². The average Bonchev–Trinajstić information content (AvgIpc) is 2.67. The van der Waals surface area contributed by atoms with Gasteiger partial charge in [0.15, 0.2) is 11.9 Å². The largest absolute Gasteiger partial charge is 0.477 e. The summed E-state index contributed by atoms with van der Waals surface area (Å²) in [6.07, 6.45) is 1.97. The van der Waals surface area contributed by atoms with Gasteiger partial charge < -0.3 is 10.0 Å². The Labute approximate surface area is 151 Å². The normalized spacial score (nSPS) is 20.7. The average molecular weight is 365 g/mol. The minimum atomic E-state index is -1.42. The Morgan fingerprint density at radius 3 is 2.70 bits per heavy atom. The van der Waals surface area contributed by atoms with Gasteiger partial charge in [-0.1, -0.05) is 24.3 Å². The Morgan fingerprint density at radius 1 is 1.15 bits per heavy atom. The highest BCUT2D eigenvalue weighted by atomic mass is 19.2. The quantitative estimate of drug-likeness (QED) is 0.757. The second-order valence-electron chi connectivity index (χ2n) is 6.47. The SMILES string of the molecule is O=C(O)C1=CN2c3ccc4ccccc4c3[NH+]=C3C(F)=C(F)C=C(C1=O)C32. The summed E-state index contributed by atoms with van der Waals surface area (Å²) in [4.78, 5) is 28.5. The Morgan fingerprint density at radius 2 is 1.93 bits per heavy atom. The van der Waals surface area contributed by atoms with Gasteiger partial charge in [0, 0.05) is 11.8 Å². The number of nitrogens with zero attached hydrogens (tertiary/aromatic N) is 1. The zero-order valence-corrected chi connectivity index (χ0v) is 13.7. The molecular formula is C20H11F2N2O3+. The highest BCUT2D eigenvalue weighted by Crippen LogP contribution is 2.41. The van der Waals surface area contributed by atoms with Crippen molar-refractivity contribution in [2.75, 3.05) is 4.90 Å². The fraction of sp³-hybridized carbons (Fsp3) is 0.0500. The number of anilines is 1. The van der Waals surface area contributed by atoms with Gasteiger partial charge in [0.25, 0.3) is 0 Å². The minimum Gasteiger partial charge on any atom is -0.477 e. The van der Waals surface area contributed by atoms with Gasteiger partial charge in [-0.3, -0.25) is 4.79 Å². The summed E-state index contributed by atoms with van der Waals surface area (Å²) in [5, 5.41) is 11.0. The molecule has 2 aromatic rings. The Kier molecular flexibility index (Phi) is 3.01. The van der Waals surface area contributed by atoms with Crippen LogP contribution < -0.4 is 9.89 Å². The lowest BCUT2D eigenvalue weighted by molar-refractivity contribution is -0.355. The number of carbonyl (C=O) groups excluding carboxylic acids is 1. The van der Waals surface area contributed by atoms with E-state index in [0.29, 0.717) is 11.4 Å². The number of halogens is 2. The number of carbonyl (C=O) groups is 2. The molecular weight excluding hydrogens is 354 g/mol. The van der Waals surface area contributed by atoms with E-state index < -0.39 is 35.0 Å². The zero-order valence-electron chi connectivity index (χ0n) is 13.7. The summed E-state index contributed by atoms with van der Waals surface area (Å²) in [5.74, 6) is -4.54. The predicted molar refractivity (Wildman–Crippen MR) is 93.9 cm³/mol. The summed E-state index contributed by atoms with van der Waals surface area (Å²) in [5.41, 5.74) is 0.388. The number of allylic oxidation sites excluding steroid dienone is 2. The molecule has 1 unspecified atom stereocenters. The number of hydrogen-bond donors (Lipinski definition) is 2.